The Balaban J connectivity index is 1.84. The Morgan fingerprint density at radius 1 is 1.19 bits per heavy atom. The molecule has 0 aliphatic rings. The van der Waals surface area contributed by atoms with Crippen LogP contribution in [0.25, 0.3) is 0 Å². The van der Waals surface area contributed by atoms with E-state index in [1.165, 1.54) is 11.3 Å². The fourth-order valence-electron chi connectivity index (χ4n) is 1.55. The molecule has 0 saturated carbocycles. The first kappa shape index (κ1) is 10.7. The van der Waals surface area contributed by atoms with Crippen molar-refractivity contribution in [1.29, 1.82) is 0 Å². The molecule has 16 heavy (non-hydrogen) atoms. The summed E-state index contributed by atoms with van der Waals surface area (Å²) >= 11 is 0. The van der Waals surface area contributed by atoms with Gasteiger partial charge in [0.1, 0.15) is 5.75 Å². The van der Waals surface area contributed by atoms with Gasteiger partial charge < -0.3 is 4.74 Å². The Kier molecular flexibility index (Phi) is 3.25. The van der Waals surface area contributed by atoms with E-state index in [0.29, 0.717) is 6.61 Å². The van der Waals surface area contributed by atoms with Crippen molar-refractivity contribution >= 4 is 0 Å². The summed E-state index contributed by atoms with van der Waals surface area (Å²) in [5.41, 5.74) is 2.44. The van der Waals surface area contributed by atoms with Gasteiger partial charge in [0, 0.05) is 25.4 Å². The smallest absolute Gasteiger partial charge is 0.119 e. The Labute approximate surface area is 95.7 Å². The molecule has 2 rings (SSSR count). The Hall–Kier alpha value is -1.77. The van der Waals surface area contributed by atoms with E-state index >= 15 is 0 Å². The summed E-state index contributed by atoms with van der Waals surface area (Å²) in [6, 6.07) is 10.1. The van der Waals surface area contributed by atoms with Crippen molar-refractivity contribution in [3.8, 4) is 5.75 Å². The van der Waals surface area contributed by atoms with Crippen molar-refractivity contribution in [2.24, 2.45) is 7.05 Å². The van der Waals surface area contributed by atoms with Gasteiger partial charge in [0.05, 0.1) is 6.61 Å². The third-order valence-electron chi connectivity index (χ3n) is 2.57. The second-order valence-corrected chi connectivity index (χ2v) is 3.86. The minimum absolute atomic E-state index is 0.683. The second kappa shape index (κ2) is 4.84. The molecule has 0 aliphatic heterocycles. The minimum Gasteiger partial charge on any atom is -0.493 e. The molecule has 0 fully saturated rings. The zero-order chi connectivity index (χ0) is 11.4. The van der Waals surface area contributed by atoms with Crippen molar-refractivity contribution in [3.63, 3.8) is 0 Å². The molecule has 0 unspecified atom stereocenters. The Bertz CT molecular complexity index is 445. The van der Waals surface area contributed by atoms with Gasteiger partial charge in [-0.3, -0.25) is 4.68 Å². The van der Waals surface area contributed by atoms with Crippen LogP contribution in [0.15, 0.2) is 36.5 Å². The van der Waals surface area contributed by atoms with Gasteiger partial charge in [0.25, 0.3) is 0 Å². The molecule has 0 atom stereocenters. The second-order valence-electron chi connectivity index (χ2n) is 3.86. The van der Waals surface area contributed by atoms with Crippen LogP contribution in [0.1, 0.15) is 11.3 Å². The first-order chi connectivity index (χ1) is 7.75. The molecule has 0 bridgehead atoms. The van der Waals surface area contributed by atoms with Crippen LogP contribution in [0.4, 0.5) is 0 Å². The summed E-state index contributed by atoms with van der Waals surface area (Å²) in [4.78, 5) is 0. The Morgan fingerprint density at radius 2 is 1.94 bits per heavy atom. The molecule has 1 aromatic heterocycles. The van der Waals surface area contributed by atoms with E-state index in [1.807, 2.05) is 29.9 Å². The maximum absolute atomic E-state index is 5.65. The molecular formula is C13H16N2O. The molecule has 0 saturated heterocycles. The van der Waals surface area contributed by atoms with Crippen LogP contribution in [-0.2, 0) is 13.5 Å². The number of aromatic nitrogens is 2. The highest BCUT2D eigenvalue weighted by atomic mass is 16.5. The maximum Gasteiger partial charge on any atom is 0.119 e. The van der Waals surface area contributed by atoms with Crippen LogP contribution in [0.2, 0.25) is 0 Å². The normalized spacial score (nSPS) is 10.4. The van der Waals surface area contributed by atoms with Gasteiger partial charge in [0.2, 0.25) is 0 Å². The maximum atomic E-state index is 5.65. The number of nitrogens with zero attached hydrogens (tertiary/aromatic N) is 2. The monoisotopic (exact) mass is 216 g/mol. The van der Waals surface area contributed by atoms with Crippen molar-refractivity contribution in [2.45, 2.75) is 13.3 Å². The zero-order valence-corrected chi connectivity index (χ0v) is 9.68. The van der Waals surface area contributed by atoms with Gasteiger partial charge >= 0.3 is 0 Å². The van der Waals surface area contributed by atoms with Crippen molar-refractivity contribution in [3.05, 3.63) is 47.8 Å². The molecule has 2 aromatic rings. The zero-order valence-electron chi connectivity index (χ0n) is 9.68. The molecule has 0 amide bonds. The number of hydrogen-bond donors (Lipinski definition) is 0. The van der Waals surface area contributed by atoms with E-state index in [0.717, 1.165) is 12.2 Å². The lowest BCUT2D eigenvalue weighted by Crippen LogP contribution is -2.05. The third-order valence-corrected chi connectivity index (χ3v) is 2.57. The topological polar surface area (TPSA) is 27.1 Å². The number of aryl methyl sites for hydroxylation is 2. The lowest BCUT2D eigenvalue weighted by molar-refractivity contribution is 0.318. The van der Waals surface area contributed by atoms with E-state index < -0.39 is 0 Å². The standard InChI is InChI=1S/C13H16N2O/c1-11-3-5-13(6-4-11)16-10-8-12-7-9-14-15(12)2/h3-7,9H,8,10H2,1-2H3. The number of rotatable bonds is 4. The molecule has 1 heterocycles. The first-order valence-electron chi connectivity index (χ1n) is 5.42. The van der Waals surface area contributed by atoms with E-state index in [9.17, 15) is 0 Å². The highest BCUT2D eigenvalue weighted by Crippen LogP contribution is 2.11. The first-order valence-corrected chi connectivity index (χ1v) is 5.42. The molecule has 3 heteroatoms. The van der Waals surface area contributed by atoms with Crippen LogP contribution in [0.3, 0.4) is 0 Å². The summed E-state index contributed by atoms with van der Waals surface area (Å²) in [5.74, 6) is 0.924. The molecule has 1 aromatic carbocycles. The fourth-order valence-corrected chi connectivity index (χ4v) is 1.55. The van der Waals surface area contributed by atoms with Crippen LogP contribution >= 0.6 is 0 Å². The van der Waals surface area contributed by atoms with Crippen molar-refractivity contribution in [1.82, 2.24) is 9.78 Å². The molecular weight excluding hydrogens is 200 g/mol. The summed E-state index contributed by atoms with van der Waals surface area (Å²) < 4.78 is 7.52. The van der Waals surface area contributed by atoms with E-state index in [2.05, 4.69) is 24.2 Å². The van der Waals surface area contributed by atoms with E-state index in [-0.39, 0.29) is 0 Å². The Morgan fingerprint density at radius 3 is 2.56 bits per heavy atom. The van der Waals surface area contributed by atoms with E-state index in [4.69, 9.17) is 4.74 Å². The fraction of sp³-hybridized carbons (Fsp3) is 0.308. The minimum atomic E-state index is 0.683. The van der Waals surface area contributed by atoms with Gasteiger partial charge in [-0.15, -0.1) is 0 Å². The summed E-state index contributed by atoms with van der Waals surface area (Å²) in [6.07, 6.45) is 2.69. The van der Waals surface area contributed by atoms with Crippen LogP contribution in [0.5, 0.6) is 5.75 Å². The highest BCUT2D eigenvalue weighted by Gasteiger charge is 1.99. The van der Waals surface area contributed by atoms with Crippen molar-refractivity contribution in [2.75, 3.05) is 6.61 Å². The number of benzene rings is 1. The van der Waals surface area contributed by atoms with Gasteiger partial charge in [-0.2, -0.15) is 5.10 Å². The average molecular weight is 216 g/mol. The average Bonchev–Trinajstić information content (AvgIpc) is 2.68. The molecule has 0 aliphatic carbocycles. The van der Waals surface area contributed by atoms with E-state index in [1.54, 1.807) is 6.20 Å². The van der Waals surface area contributed by atoms with Gasteiger partial charge in [0.15, 0.2) is 0 Å². The van der Waals surface area contributed by atoms with Gasteiger partial charge in [-0.1, -0.05) is 17.7 Å². The number of hydrogen-bond acceptors (Lipinski definition) is 2. The molecule has 84 valence electrons. The van der Waals surface area contributed by atoms with Crippen LogP contribution in [-0.4, -0.2) is 16.4 Å². The van der Waals surface area contributed by atoms with Crippen molar-refractivity contribution < 1.29 is 4.74 Å². The highest BCUT2D eigenvalue weighted by molar-refractivity contribution is 5.26. The van der Waals surface area contributed by atoms with Gasteiger partial charge in [-0.25, -0.2) is 0 Å². The predicted octanol–water partition coefficient (Wildman–Crippen LogP) is 2.35. The molecule has 0 radical (unpaired) electrons. The summed E-state index contributed by atoms with van der Waals surface area (Å²) in [7, 11) is 1.95. The third kappa shape index (κ3) is 2.63. The lowest BCUT2D eigenvalue weighted by Gasteiger charge is -2.06. The molecule has 0 spiro atoms. The lowest BCUT2D eigenvalue weighted by atomic mass is 10.2. The number of ether oxygens (including phenoxy) is 1. The SMILES string of the molecule is Cc1ccc(OCCc2ccnn2C)cc1. The van der Waals surface area contributed by atoms with Crippen LogP contribution in [0, 0.1) is 6.92 Å². The molecule has 3 nitrogen and oxygen atoms in total. The van der Waals surface area contributed by atoms with Gasteiger partial charge in [-0.05, 0) is 25.1 Å². The van der Waals surface area contributed by atoms with Crippen LogP contribution < -0.4 is 4.74 Å². The summed E-state index contributed by atoms with van der Waals surface area (Å²) in [5, 5.41) is 4.11. The predicted molar refractivity (Wildman–Crippen MR) is 63.6 cm³/mol. The quantitative estimate of drug-likeness (QED) is 0.784. The molecule has 0 N–H and O–H groups in total. The largest absolute Gasteiger partial charge is 0.493 e. The summed E-state index contributed by atoms with van der Waals surface area (Å²) in [6.45, 7) is 2.75.